The van der Waals surface area contributed by atoms with E-state index in [0.29, 0.717) is 21.1 Å². The Bertz CT molecular complexity index is 511. The summed E-state index contributed by atoms with van der Waals surface area (Å²) in [5.41, 5.74) is 1.23. The molecule has 14 heavy (non-hydrogen) atoms. The summed E-state index contributed by atoms with van der Waals surface area (Å²) < 4.78 is 0. The van der Waals surface area contributed by atoms with Crippen molar-refractivity contribution < 1.29 is 4.79 Å². The van der Waals surface area contributed by atoms with Gasteiger partial charge < -0.3 is 0 Å². The molecule has 0 radical (unpaired) electrons. The Balaban J connectivity index is 2.88. The maximum absolute atomic E-state index is 10.7. The Morgan fingerprint density at radius 1 is 1.21 bits per heavy atom. The van der Waals surface area contributed by atoms with Crippen LogP contribution in [0.5, 0.6) is 0 Å². The van der Waals surface area contributed by atoms with Gasteiger partial charge in [-0.15, -0.1) is 0 Å². The number of carbonyl (C=O) groups excluding carboxylic acids is 1. The first-order valence-corrected chi connectivity index (χ1v) is 4.67. The molecular weight excluding hydrogens is 221 g/mol. The lowest BCUT2D eigenvalue weighted by Gasteiger charge is -2.01. The van der Waals surface area contributed by atoms with Gasteiger partial charge in [-0.2, -0.15) is 0 Å². The highest BCUT2D eigenvalue weighted by molar-refractivity contribution is 6.42. The van der Waals surface area contributed by atoms with E-state index >= 15 is 0 Å². The molecule has 0 unspecified atom stereocenters. The summed E-state index contributed by atoms with van der Waals surface area (Å²) >= 11 is 11.7. The molecule has 0 N–H and O–H groups in total. The number of benzene rings is 1. The third-order valence-electron chi connectivity index (χ3n) is 1.94. The highest BCUT2D eigenvalue weighted by atomic mass is 35.5. The molecule has 2 nitrogen and oxygen atoms in total. The number of halogens is 2. The molecule has 0 aliphatic carbocycles. The van der Waals surface area contributed by atoms with Gasteiger partial charge in [-0.3, -0.25) is 9.78 Å². The van der Waals surface area contributed by atoms with Crippen LogP contribution in [-0.4, -0.2) is 11.3 Å². The summed E-state index contributed by atoms with van der Waals surface area (Å²) in [4.78, 5) is 14.8. The van der Waals surface area contributed by atoms with Crippen LogP contribution in [0.4, 0.5) is 0 Å². The van der Waals surface area contributed by atoms with E-state index in [1.54, 1.807) is 24.4 Å². The first-order chi connectivity index (χ1) is 6.72. The predicted molar refractivity (Wildman–Crippen MR) is 57.2 cm³/mol. The fourth-order valence-electron chi connectivity index (χ4n) is 1.26. The van der Waals surface area contributed by atoms with Crippen LogP contribution in [0.25, 0.3) is 10.9 Å². The smallest absolute Gasteiger partial charge is 0.150 e. The number of nitrogens with zero attached hydrogens (tertiary/aromatic N) is 1. The van der Waals surface area contributed by atoms with Gasteiger partial charge in [-0.05, 0) is 18.2 Å². The second-order valence-electron chi connectivity index (χ2n) is 2.80. The van der Waals surface area contributed by atoms with Gasteiger partial charge in [0.25, 0.3) is 0 Å². The second kappa shape index (κ2) is 3.56. The summed E-state index contributed by atoms with van der Waals surface area (Å²) in [6.45, 7) is 0. The van der Waals surface area contributed by atoms with Crippen molar-refractivity contribution in [1.82, 2.24) is 4.98 Å². The maximum atomic E-state index is 10.7. The van der Waals surface area contributed by atoms with Crippen molar-refractivity contribution in [2.24, 2.45) is 0 Å². The summed E-state index contributed by atoms with van der Waals surface area (Å²) in [7, 11) is 0. The number of carbonyl (C=O) groups is 1. The number of rotatable bonds is 1. The number of aldehydes is 1. The van der Waals surface area contributed by atoms with E-state index in [1.807, 2.05) is 0 Å². The quantitative estimate of drug-likeness (QED) is 0.698. The number of pyridine rings is 1. The van der Waals surface area contributed by atoms with Crippen molar-refractivity contribution in [1.29, 1.82) is 0 Å². The molecule has 0 aliphatic heterocycles. The third kappa shape index (κ3) is 1.47. The fraction of sp³-hybridized carbons (Fsp3) is 0. The molecule has 2 rings (SSSR count). The first-order valence-electron chi connectivity index (χ1n) is 3.91. The molecule has 0 fully saturated rings. The van der Waals surface area contributed by atoms with E-state index in [1.165, 1.54) is 0 Å². The number of hydrogen-bond acceptors (Lipinski definition) is 2. The molecule has 1 aromatic carbocycles. The zero-order valence-electron chi connectivity index (χ0n) is 7.00. The van der Waals surface area contributed by atoms with Gasteiger partial charge in [0, 0.05) is 17.1 Å². The molecule has 0 saturated carbocycles. The van der Waals surface area contributed by atoms with Crippen LogP contribution in [0.15, 0.2) is 24.4 Å². The van der Waals surface area contributed by atoms with Gasteiger partial charge in [-0.1, -0.05) is 23.2 Å². The summed E-state index contributed by atoms with van der Waals surface area (Å²) in [6.07, 6.45) is 2.34. The van der Waals surface area contributed by atoms with E-state index in [2.05, 4.69) is 4.98 Å². The van der Waals surface area contributed by atoms with Crippen molar-refractivity contribution in [2.75, 3.05) is 0 Å². The van der Waals surface area contributed by atoms with Gasteiger partial charge in [0.05, 0.1) is 15.6 Å². The van der Waals surface area contributed by atoms with E-state index in [4.69, 9.17) is 23.2 Å². The van der Waals surface area contributed by atoms with Gasteiger partial charge in [0.1, 0.15) is 0 Å². The minimum atomic E-state index is 0.426. The van der Waals surface area contributed by atoms with Gasteiger partial charge in [0.2, 0.25) is 0 Å². The Hall–Kier alpha value is -1.12. The molecule has 0 amide bonds. The molecule has 0 atom stereocenters. The molecule has 0 spiro atoms. The van der Waals surface area contributed by atoms with E-state index in [9.17, 15) is 4.79 Å². The van der Waals surface area contributed by atoms with E-state index in [-0.39, 0.29) is 0 Å². The zero-order chi connectivity index (χ0) is 10.1. The molecule has 0 bridgehead atoms. The Morgan fingerprint density at radius 2 is 1.93 bits per heavy atom. The van der Waals surface area contributed by atoms with Gasteiger partial charge in [0.15, 0.2) is 6.29 Å². The highest BCUT2D eigenvalue weighted by Gasteiger charge is 2.05. The first kappa shape index (κ1) is 9.44. The van der Waals surface area contributed by atoms with Crippen molar-refractivity contribution in [3.8, 4) is 0 Å². The van der Waals surface area contributed by atoms with Crippen molar-refractivity contribution in [2.45, 2.75) is 0 Å². The van der Waals surface area contributed by atoms with Crippen LogP contribution in [0.1, 0.15) is 10.4 Å². The van der Waals surface area contributed by atoms with Crippen molar-refractivity contribution >= 4 is 40.4 Å². The lowest BCUT2D eigenvalue weighted by atomic mass is 10.1. The van der Waals surface area contributed by atoms with Crippen molar-refractivity contribution in [3.63, 3.8) is 0 Å². The fourth-order valence-corrected chi connectivity index (χ4v) is 1.59. The maximum Gasteiger partial charge on any atom is 0.150 e. The molecule has 2 aromatic rings. The Kier molecular flexibility index (Phi) is 2.40. The van der Waals surface area contributed by atoms with Crippen LogP contribution in [0, 0.1) is 0 Å². The van der Waals surface area contributed by atoms with Crippen LogP contribution in [-0.2, 0) is 0 Å². The Labute approximate surface area is 90.5 Å². The SMILES string of the molecule is O=Cc1ccnc2cc(Cl)c(Cl)cc12. The Morgan fingerprint density at radius 3 is 2.64 bits per heavy atom. The molecule has 0 aliphatic rings. The van der Waals surface area contributed by atoms with Crippen LogP contribution < -0.4 is 0 Å². The summed E-state index contributed by atoms with van der Waals surface area (Å²) in [6, 6.07) is 4.93. The highest BCUT2D eigenvalue weighted by Crippen LogP contribution is 2.27. The van der Waals surface area contributed by atoms with Crippen LogP contribution in [0.2, 0.25) is 10.0 Å². The molecule has 1 heterocycles. The second-order valence-corrected chi connectivity index (χ2v) is 3.62. The van der Waals surface area contributed by atoms with E-state index < -0.39 is 0 Å². The number of aromatic nitrogens is 1. The van der Waals surface area contributed by atoms with E-state index in [0.717, 1.165) is 11.7 Å². The zero-order valence-corrected chi connectivity index (χ0v) is 8.51. The number of hydrogen-bond donors (Lipinski definition) is 0. The van der Waals surface area contributed by atoms with Crippen LogP contribution in [0.3, 0.4) is 0 Å². The van der Waals surface area contributed by atoms with Gasteiger partial charge >= 0.3 is 0 Å². The normalized spacial score (nSPS) is 10.4. The molecule has 4 heteroatoms. The topological polar surface area (TPSA) is 30.0 Å². The summed E-state index contributed by atoms with van der Waals surface area (Å²) in [5, 5.41) is 1.59. The lowest BCUT2D eigenvalue weighted by molar-refractivity contribution is 0.112. The lowest BCUT2D eigenvalue weighted by Crippen LogP contribution is -1.86. The molecular formula is C10H5Cl2NO. The average molecular weight is 226 g/mol. The molecule has 70 valence electrons. The minimum absolute atomic E-state index is 0.426. The predicted octanol–water partition coefficient (Wildman–Crippen LogP) is 3.35. The van der Waals surface area contributed by atoms with Crippen LogP contribution >= 0.6 is 23.2 Å². The standard InChI is InChI=1S/C10H5Cl2NO/c11-8-3-7-6(5-14)1-2-13-10(7)4-9(8)12/h1-5H. The summed E-state index contributed by atoms with van der Waals surface area (Å²) in [5.74, 6) is 0. The minimum Gasteiger partial charge on any atom is -0.298 e. The van der Waals surface area contributed by atoms with Crippen molar-refractivity contribution in [3.05, 3.63) is 40.0 Å². The molecule has 0 saturated heterocycles. The molecule has 1 aromatic heterocycles. The largest absolute Gasteiger partial charge is 0.298 e. The monoisotopic (exact) mass is 225 g/mol. The average Bonchev–Trinajstić information content (AvgIpc) is 2.19. The number of fused-ring (bicyclic) bond motifs is 1. The third-order valence-corrected chi connectivity index (χ3v) is 2.67. The van der Waals surface area contributed by atoms with Gasteiger partial charge in [-0.25, -0.2) is 0 Å².